The van der Waals surface area contributed by atoms with Crippen LogP contribution < -0.4 is 4.74 Å². The van der Waals surface area contributed by atoms with E-state index in [9.17, 15) is 26.7 Å². The number of ether oxygens (including phenoxy) is 1. The SMILES string of the molecule is O=C(Oc1ccc2c(F)c(C#CC(F)(F)F)c(F)cc2c1)c1ccccc1. The molecule has 136 valence electrons. The molecular weight excluding hydrogens is 367 g/mol. The first kappa shape index (κ1) is 18.4. The summed E-state index contributed by atoms with van der Waals surface area (Å²) in [4.78, 5) is 12.0. The van der Waals surface area contributed by atoms with Gasteiger partial charge in [0.15, 0.2) is 0 Å². The normalized spacial score (nSPS) is 11.0. The lowest BCUT2D eigenvalue weighted by Crippen LogP contribution is -2.08. The van der Waals surface area contributed by atoms with E-state index in [0.29, 0.717) is 0 Å². The van der Waals surface area contributed by atoms with Crippen LogP contribution in [0.1, 0.15) is 15.9 Å². The molecule has 0 radical (unpaired) electrons. The lowest BCUT2D eigenvalue weighted by atomic mass is 10.0. The van der Waals surface area contributed by atoms with Gasteiger partial charge < -0.3 is 4.74 Å². The van der Waals surface area contributed by atoms with Crippen LogP contribution in [0.4, 0.5) is 22.0 Å². The molecule has 3 rings (SSSR count). The molecule has 0 bridgehead atoms. The lowest BCUT2D eigenvalue weighted by molar-refractivity contribution is -0.0696. The second-order valence-electron chi connectivity index (χ2n) is 5.43. The fraction of sp³-hybridized carbons (Fsp3) is 0.0500. The third-order valence-electron chi connectivity index (χ3n) is 3.55. The van der Waals surface area contributed by atoms with Crippen LogP contribution in [0.2, 0.25) is 0 Å². The minimum Gasteiger partial charge on any atom is -0.423 e. The predicted molar refractivity (Wildman–Crippen MR) is 88.2 cm³/mol. The third kappa shape index (κ3) is 4.23. The van der Waals surface area contributed by atoms with E-state index >= 15 is 0 Å². The molecule has 3 aromatic rings. The smallest absolute Gasteiger partial charge is 0.423 e. The summed E-state index contributed by atoms with van der Waals surface area (Å²) in [6.45, 7) is 0. The Labute approximate surface area is 150 Å². The lowest BCUT2D eigenvalue weighted by Gasteiger charge is -2.08. The Morgan fingerprint density at radius 2 is 1.67 bits per heavy atom. The van der Waals surface area contributed by atoms with Gasteiger partial charge in [-0.25, -0.2) is 13.6 Å². The Balaban J connectivity index is 1.97. The number of alkyl halides is 3. The summed E-state index contributed by atoms with van der Waals surface area (Å²) >= 11 is 0. The molecule has 0 fully saturated rings. The number of carbonyl (C=O) groups is 1. The molecule has 0 heterocycles. The van der Waals surface area contributed by atoms with E-state index < -0.39 is 29.3 Å². The average Bonchev–Trinajstić information content (AvgIpc) is 2.61. The summed E-state index contributed by atoms with van der Waals surface area (Å²) < 4.78 is 70.0. The maximum Gasteiger partial charge on any atom is 0.458 e. The quantitative estimate of drug-likeness (QED) is 0.264. The molecule has 0 N–H and O–H groups in total. The van der Waals surface area contributed by atoms with Crippen molar-refractivity contribution in [2.45, 2.75) is 6.18 Å². The number of hydrogen-bond acceptors (Lipinski definition) is 2. The number of hydrogen-bond donors (Lipinski definition) is 0. The van der Waals surface area contributed by atoms with Gasteiger partial charge in [0.05, 0.1) is 11.1 Å². The largest absolute Gasteiger partial charge is 0.458 e. The molecule has 0 unspecified atom stereocenters. The van der Waals surface area contributed by atoms with E-state index in [1.807, 2.05) is 0 Å². The first-order chi connectivity index (χ1) is 12.7. The standard InChI is InChI=1S/C20H9F5O2/c21-17-11-13-10-14(27-19(26)12-4-2-1-3-5-12)6-7-15(13)18(22)16(17)8-9-20(23,24)25/h1-7,10-11H. The molecule has 2 nitrogen and oxygen atoms in total. The van der Waals surface area contributed by atoms with Crippen molar-refractivity contribution >= 4 is 16.7 Å². The summed E-state index contributed by atoms with van der Waals surface area (Å²) in [5.41, 5.74) is -0.693. The van der Waals surface area contributed by atoms with Gasteiger partial charge in [-0.2, -0.15) is 13.2 Å². The van der Waals surface area contributed by atoms with E-state index in [1.54, 1.807) is 18.2 Å². The van der Waals surface area contributed by atoms with Crippen LogP contribution in [0, 0.1) is 23.5 Å². The van der Waals surface area contributed by atoms with Crippen molar-refractivity contribution in [3.8, 4) is 17.6 Å². The van der Waals surface area contributed by atoms with E-state index in [4.69, 9.17) is 4.74 Å². The highest BCUT2D eigenvalue weighted by Crippen LogP contribution is 2.28. The van der Waals surface area contributed by atoms with E-state index in [2.05, 4.69) is 0 Å². The summed E-state index contributed by atoms with van der Waals surface area (Å²) in [7, 11) is 0. The van der Waals surface area contributed by atoms with Gasteiger partial charge in [0.1, 0.15) is 17.4 Å². The molecule has 0 spiro atoms. The zero-order valence-electron chi connectivity index (χ0n) is 13.4. The highest BCUT2D eigenvalue weighted by molar-refractivity contribution is 5.92. The monoisotopic (exact) mass is 376 g/mol. The van der Waals surface area contributed by atoms with Crippen molar-refractivity contribution in [1.82, 2.24) is 0 Å². The Hall–Kier alpha value is -3.40. The first-order valence-corrected chi connectivity index (χ1v) is 7.53. The maximum absolute atomic E-state index is 14.3. The van der Waals surface area contributed by atoms with Gasteiger partial charge in [-0.1, -0.05) is 24.1 Å². The Bertz CT molecular complexity index is 1080. The molecule has 7 heteroatoms. The van der Waals surface area contributed by atoms with Gasteiger partial charge in [0.25, 0.3) is 0 Å². The number of carbonyl (C=O) groups excluding carboxylic acids is 1. The van der Waals surface area contributed by atoms with Crippen LogP contribution in [0.25, 0.3) is 10.8 Å². The minimum atomic E-state index is -4.87. The zero-order valence-corrected chi connectivity index (χ0v) is 13.4. The van der Waals surface area contributed by atoms with Crippen molar-refractivity contribution in [2.24, 2.45) is 0 Å². The van der Waals surface area contributed by atoms with Gasteiger partial charge in [0.2, 0.25) is 0 Å². The molecule has 0 amide bonds. The van der Waals surface area contributed by atoms with Crippen LogP contribution in [0.5, 0.6) is 5.75 Å². The van der Waals surface area contributed by atoms with Crippen LogP contribution in [0.15, 0.2) is 54.6 Å². The Morgan fingerprint density at radius 3 is 2.33 bits per heavy atom. The first-order valence-electron chi connectivity index (χ1n) is 7.53. The summed E-state index contributed by atoms with van der Waals surface area (Å²) in [6.07, 6.45) is -4.87. The average molecular weight is 376 g/mol. The third-order valence-corrected chi connectivity index (χ3v) is 3.55. The molecule has 0 aliphatic carbocycles. The number of halogens is 5. The van der Waals surface area contributed by atoms with Gasteiger partial charge >= 0.3 is 12.1 Å². The van der Waals surface area contributed by atoms with Crippen molar-refractivity contribution in [1.29, 1.82) is 0 Å². The van der Waals surface area contributed by atoms with E-state index in [0.717, 1.165) is 12.0 Å². The topological polar surface area (TPSA) is 26.3 Å². The predicted octanol–water partition coefficient (Wildman–Crippen LogP) is 5.25. The second kappa shape index (κ2) is 7.08. The Morgan fingerprint density at radius 1 is 0.963 bits per heavy atom. The molecule has 0 saturated carbocycles. The van der Waals surface area contributed by atoms with E-state index in [1.165, 1.54) is 36.3 Å². The van der Waals surface area contributed by atoms with E-state index in [-0.39, 0.29) is 22.1 Å². The fourth-order valence-electron chi connectivity index (χ4n) is 2.36. The van der Waals surface area contributed by atoms with Crippen molar-refractivity contribution in [2.75, 3.05) is 0 Å². The zero-order chi connectivity index (χ0) is 19.6. The molecule has 27 heavy (non-hydrogen) atoms. The molecule has 0 aliphatic rings. The second-order valence-corrected chi connectivity index (χ2v) is 5.43. The molecule has 0 saturated heterocycles. The van der Waals surface area contributed by atoms with Gasteiger partial charge in [-0.15, -0.1) is 0 Å². The number of rotatable bonds is 2. The van der Waals surface area contributed by atoms with Crippen LogP contribution >= 0.6 is 0 Å². The summed E-state index contributed by atoms with van der Waals surface area (Å²) in [5.74, 6) is -0.786. The van der Waals surface area contributed by atoms with Gasteiger partial charge in [-0.05, 0) is 41.8 Å². The number of benzene rings is 3. The number of fused-ring (bicyclic) bond motifs is 1. The summed E-state index contributed by atoms with van der Waals surface area (Å²) in [5, 5.41) is -0.136. The Kier molecular flexibility index (Phi) is 4.82. The molecule has 0 aliphatic heterocycles. The molecule has 3 aromatic carbocycles. The highest BCUT2D eigenvalue weighted by Gasteiger charge is 2.24. The van der Waals surface area contributed by atoms with Crippen LogP contribution in [0.3, 0.4) is 0 Å². The highest BCUT2D eigenvalue weighted by atomic mass is 19.4. The number of esters is 1. The van der Waals surface area contributed by atoms with Crippen molar-refractivity contribution < 1.29 is 31.5 Å². The van der Waals surface area contributed by atoms with Crippen LogP contribution in [-0.2, 0) is 0 Å². The minimum absolute atomic E-state index is 0.0147. The van der Waals surface area contributed by atoms with Crippen LogP contribution in [-0.4, -0.2) is 12.1 Å². The van der Waals surface area contributed by atoms with Gasteiger partial charge in [-0.3, -0.25) is 0 Å². The molecule has 0 aromatic heterocycles. The molecular formula is C20H9F5O2. The van der Waals surface area contributed by atoms with Gasteiger partial charge in [0, 0.05) is 11.3 Å². The summed E-state index contributed by atoms with van der Waals surface area (Å²) in [6, 6.07) is 12.6. The fourth-order valence-corrected chi connectivity index (χ4v) is 2.36. The van der Waals surface area contributed by atoms with Crippen molar-refractivity contribution in [3.05, 3.63) is 77.4 Å². The maximum atomic E-state index is 14.3. The van der Waals surface area contributed by atoms with Crippen molar-refractivity contribution in [3.63, 3.8) is 0 Å². The molecule has 0 atom stereocenters.